The van der Waals surface area contributed by atoms with Gasteiger partial charge in [0.05, 0.1) is 17.6 Å². The van der Waals surface area contributed by atoms with Gasteiger partial charge in [0, 0.05) is 29.2 Å². The van der Waals surface area contributed by atoms with Crippen molar-refractivity contribution in [1.82, 2.24) is 20.1 Å². The van der Waals surface area contributed by atoms with Gasteiger partial charge in [-0.15, -0.1) is 11.3 Å². The van der Waals surface area contributed by atoms with Crippen LogP contribution in [0.1, 0.15) is 68.0 Å². The standard InChI is InChI=1S/C22H27FN4S/c1-14(2)19-13-28-21(26-19)12-24-18-9-22(3,4)10-20-17(18)11-25-27(20)16-7-5-15(23)6-8-16/h5-8,11,13-14,18,24H,9-10,12H2,1-4H3. The van der Waals surface area contributed by atoms with Crippen LogP contribution < -0.4 is 5.32 Å². The van der Waals surface area contributed by atoms with E-state index in [1.54, 1.807) is 23.5 Å². The molecule has 1 N–H and O–H groups in total. The molecule has 6 heteroatoms. The van der Waals surface area contributed by atoms with E-state index in [2.05, 4.69) is 43.5 Å². The maximum atomic E-state index is 13.3. The van der Waals surface area contributed by atoms with Crippen molar-refractivity contribution in [3.63, 3.8) is 0 Å². The third kappa shape index (κ3) is 3.89. The lowest BCUT2D eigenvalue weighted by Gasteiger charge is -2.36. The van der Waals surface area contributed by atoms with Gasteiger partial charge in [-0.1, -0.05) is 27.7 Å². The van der Waals surface area contributed by atoms with Crippen molar-refractivity contribution >= 4 is 11.3 Å². The topological polar surface area (TPSA) is 42.7 Å². The fourth-order valence-corrected chi connectivity index (χ4v) is 4.82. The SMILES string of the molecule is CC(C)c1csc(CNC2CC(C)(C)Cc3c2cnn3-c2ccc(F)cc2)n1. The maximum absolute atomic E-state index is 13.3. The van der Waals surface area contributed by atoms with Gasteiger partial charge < -0.3 is 5.32 Å². The molecule has 0 aliphatic heterocycles. The summed E-state index contributed by atoms with van der Waals surface area (Å²) in [7, 11) is 0. The number of thiazole rings is 1. The molecule has 4 rings (SSSR count). The van der Waals surface area contributed by atoms with Crippen LogP contribution in [0.3, 0.4) is 0 Å². The van der Waals surface area contributed by atoms with E-state index in [1.165, 1.54) is 23.4 Å². The van der Waals surface area contributed by atoms with Crippen LogP contribution in [-0.2, 0) is 13.0 Å². The lowest BCUT2D eigenvalue weighted by molar-refractivity contribution is 0.252. The molecule has 0 saturated heterocycles. The third-order valence-corrected chi connectivity index (χ3v) is 6.28. The molecule has 1 unspecified atom stereocenters. The number of halogens is 1. The number of hydrogen-bond donors (Lipinski definition) is 1. The normalized spacial score (nSPS) is 18.4. The van der Waals surface area contributed by atoms with Gasteiger partial charge in [0.2, 0.25) is 0 Å². The van der Waals surface area contributed by atoms with E-state index in [9.17, 15) is 4.39 Å². The highest BCUT2D eigenvalue weighted by Crippen LogP contribution is 2.41. The Balaban J connectivity index is 1.59. The molecule has 148 valence electrons. The monoisotopic (exact) mass is 398 g/mol. The number of fused-ring (bicyclic) bond motifs is 1. The van der Waals surface area contributed by atoms with E-state index in [-0.39, 0.29) is 17.3 Å². The Kier molecular flexibility index (Phi) is 5.10. The Morgan fingerprint density at radius 2 is 2.04 bits per heavy atom. The molecule has 0 spiro atoms. The Hall–Kier alpha value is -2.05. The molecule has 0 bridgehead atoms. The predicted octanol–water partition coefficient (Wildman–Crippen LogP) is 5.39. The van der Waals surface area contributed by atoms with Crippen LogP contribution in [0, 0.1) is 11.2 Å². The zero-order valence-electron chi connectivity index (χ0n) is 16.9. The van der Waals surface area contributed by atoms with Crippen molar-refractivity contribution in [2.45, 2.75) is 59.0 Å². The van der Waals surface area contributed by atoms with Gasteiger partial charge in [-0.2, -0.15) is 5.10 Å². The molecule has 28 heavy (non-hydrogen) atoms. The number of benzene rings is 1. The summed E-state index contributed by atoms with van der Waals surface area (Å²) in [5.74, 6) is 0.230. The first kappa shape index (κ1) is 19.3. The summed E-state index contributed by atoms with van der Waals surface area (Å²) in [5, 5.41) is 11.6. The first-order valence-corrected chi connectivity index (χ1v) is 10.7. The van der Waals surface area contributed by atoms with Gasteiger partial charge in [0.1, 0.15) is 10.8 Å². The highest BCUT2D eigenvalue weighted by atomic mass is 32.1. The Bertz CT molecular complexity index is 955. The molecular formula is C22H27FN4S. The lowest BCUT2D eigenvalue weighted by Crippen LogP contribution is -2.33. The van der Waals surface area contributed by atoms with Crippen molar-refractivity contribution in [2.75, 3.05) is 0 Å². The molecule has 2 aromatic heterocycles. The van der Waals surface area contributed by atoms with Crippen LogP contribution >= 0.6 is 11.3 Å². The molecule has 1 atom stereocenters. The van der Waals surface area contributed by atoms with Gasteiger partial charge in [0.25, 0.3) is 0 Å². The zero-order chi connectivity index (χ0) is 19.9. The van der Waals surface area contributed by atoms with Crippen LogP contribution in [0.2, 0.25) is 0 Å². The minimum absolute atomic E-state index is 0.161. The summed E-state index contributed by atoms with van der Waals surface area (Å²) in [6, 6.07) is 6.79. The molecule has 4 nitrogen and oxygen atoms in total. The number of nitrogens with one attached hydrogen (secondary N) is 1. The molecule has 1 aromatic carbocycles. The van der Waals surface area contributed by atoms with E-state index in [0.717, 1.165) is 35.8 Å². The van der Waals surface area contributed by atoms with Crippen molar-refractivity contribution in [1.29, 1.82) is 0 Å². The van der Waals surface area contributed by atoms with Gasteiger partial charge in [-0.3, -0.25) is 0 Å². The van der Waals surface area contributed by atoms with Crippen LogP contribution in [0.5, 0.6) is 0 Å². The van der Waals surface area contributed by atoms with Crippen LogP contribution in [-0.4, -0.2) is 14.8 Å². The summed E-state index contributed by atoms with van der Waals surface area (Å²) < 4.78 is 15.3. The van der Waals surface area contributed by atoms with Gasteiger partial charge in [0.15, 0.2) is 0 Å². The van der Waals surface area contributed by atoms with Crippen LogP contribution in [0.15, 0.2) is 35.8 Å². The number of hydrogen-bond acceptors (Lipinski definition) is 4. The highest BCUT2D eigenvalue weighted by Gasteiger charge is 2.35. The molecule has 3 aromatic rings. The first-order chi connectivity index (χ1) is 13.3. The second-order valence-electron chi connectivity index (χ2n) is 8.73. The Morgan fingerprint density at radius 1 is 1.29 bits per heavy atom. The molecule has 0 saturated carbocycles. The van der Waals surface area contributed by atoms with E-state index in [0.29, 0.717) is 5.92 Å². The third-order valence-electron chi connectivity index (χ3n) is 5.41. The zero-order valence-corrected chi connectivity index (χ0v) is 17.7. The molecule has 1 aliphatic rings. The molecule has 2 heterocycles. The van der Waals surface area contributed by atoms with Crippen LogP contribution in [0.25, 0.3) is 5.69 Å². The largest absolute Gasteiger partial charge is 0.303 e. The summed E-state index contributed by atoms with van der Waals surface area (Å²) in [6.07, 6.45) is 3.97. The van der Waals surface area contributed by atoms with Gasteiger partial charge in [-0.05, 0) is 48.4 Å². The second-order valence-corrected chi connectivity index (χ2v) is 9.68. The Morgan fingerprint density at radius 3 is 2.71 bits per heavy atom. The summed E-state index contributed by atoms with van der Waals surface area (Å²) in [6.45, 7) is 9.71. The smallest absolute Gasteiger partial charge is 0.123 e. The molecule has 1 aliphatic carbocycles. The van der Waals surface area contributed by atoms with E-state index >= 15 is 0 Å². The van der Waals surface area contributed by atoms with Crippen molar-refractivity contribution in [2.24, 2.45) is 5.41 Å². The van der Waals surface area contributed by atoms with E-state index in [1.807, 2.05) is 10.9 Å². The van der Waals surface area contributed by atoms with E-state index < -0.39 is 0 Å². The number of rotatable bonds is 5. The average Bonchev–Trinajstić information content (AvgIpc) is 3.27. The minimum atomic E-state index is -0.228. The van der Waals surface area contributed by atoms with Crippen molar-refractivity contribution in [3.8, 4) is 5.69 Å². The summed E-state index contributed by atoms with van der Waals surface area (Å²) in [5.41, 5.74) is 4.68. The molecule has 0 radical (unpaired) electrons. The van der Waals surface area contributed by atoms with Gasteiger partial charge in [-0.25, -0.2) is 14.1 Å². The number of nitrogens with zero attached hydrogens (tertiary/aromatic N) is 3. The quantitative estimate of drug-likeness (QED) is 0.626. The maximum Gasteiger partial charge on any atom is 0.123 e. The average molecular weight is 399 g/mol. The molecular weight excluding hydrogens is 371 g/mol. The van der Waals surface area contributed by atoms with Crippen molar-refractivity contribution in [3.05, 3.63) is 63.6 Å². The molecule has 0 amide bonds. The fourth-order valence-electron chi connectivity index (χ4n) is 3.91. The highest BCUT2D eigenvalue weighted by molar-refractivity contribution is 7.09. The molecule has 0 fully saturated rings. The predicted molar refractivity (Wildman–Crippen MR) is 111 cm³/mol. The summed E-state index contributed by atoms with van der Waals surface area (Å²) >= 11 is 1.72. The lowest BCUT2D eigenvalue weighted by atomic mass is 9.74. The minimum Gasteiger partial charge on any atom is -0.303 e. The summed E-state index contributed by atoms with van der Waals surface area (Å²) in [4.78, 5) is 4.75. The Labute approximate surface area is 169 Å². The first-order valence-electron chi connectivity index (χ1n) is 9.83. The fraction of sp³-hybridized carbons (Fsp3) is 0.455. The van der Waals surface area contributed by atoms with Crippen molar-refractivity contribution < 1.29 is 4.39 Å². The second kappa shape index (κ2) is 7.41. The van der Waals surface area contributed by atoms with E-state index in [4.69, 9.17) is 4.98 Å². The van der Waals surface area contributed by atoms with Gasteiger partial charge >= 0.3 is 0 Å². The number of aromatic nitrogens is 3. The van der Waals surface area contributed by atoms with Crippen LogP contribution in [0.4, 0.5) is 4.39 Å².